The zero-order chi connectivity index (χ0) is 15.8. The molecule has 0 aromatic heterocycles. The topological polar surface area (TPSA) is 50.7 Å². The monoisotopic (exact) mass is 303 g/mol. The van der Waals surface area contributed by atoms with Crippen LogP contribution in [0.15, 0.2) is 12.1 Å². The maximum atomic E-state index is 13.8. The van der Waals surface area contributed by atoms with Crippen LogP contribution >= 0.6 is 0 Å². The van der Waals surface area contributed by atoms with Crippen molar-refractivity contribution >= 4 is 0 Å². The molecule has 0 fully saturated rings. The van der Waals surface area contributed by atoms with E-state index in [1.165, 1.54) is 12.1 Å². The predicted octanol–water partition coefficient (Wildman–Crippen LogP) is 2.24. The van der Waals surface area contributed by atoms with Crippen LogP contribution < -0.4 is 10.1 Å². The zero-order valence-electron chi connectivity index (χ0n) is 12.7. The molecule has 0 heterocycles. The maximum absolute atomic E-state index is 13.8. The first-order chi connectivity index (χ1) is 9.93. The molecule has 0 radical (unpaired) electrons. The molecule has 0 bridgehead atoms. The summed E-state index contributed by atoms with van der Waals surface area (Å²) < 4.78 is 37.8. The Morgan fingerprint density at radius 3 is 2.33 bits per heavy atom. The van der Waals surface area contributed by atoms with Crippen LogP contribution in [-0.4, -0.2) is 37.1 Å². The average molecular weight is 303 g/mol. The number of hydrogen-bond donors (Lipinski definition) is 2. The standard InChI is InChI=1S/C15H23F2NO3/c1-4-18-7-11-5-13(16)15(14(17)6-11)21-9-12(19)8-20-10(2)3/h5-6,10,12,18-19H,4,7-9H2,1-3H3. The quantitative estimate of drug-likeness (QED) is 0.734. The van der Waals surface area contributed by atoms with Gasteiger partial charge < -0.3 is 19.9 Å². The first-order valence-electron chi connectivity index (χ1n) is 7.05. The highest BCUT2D eigenvalue weighted by molar-refractivity contribution is 5.31. The average Bonchev–Trinajstić information content (AvgIpc) is 2.41. The highest BCUT2D eigenvalue weighted by Crippen LogP contribution is 2.23. The normalized spacial score (nSPS) is 12.7. The summed E-state index contributed by atoms with van der Waals surface area (Å²) in [6.07, 6.45) is -0.967. The van der Waals surface area contributed by atoms with Crippen molar-refractivity contribution in [1.82, 2.24) is 5.32 Å². The van der Waals surface area contributed by atoms with E-state index < -0.39 is 23.5 Å². The largest absolute Gasteiger partial charge is 0.485 e. The molecule has 1 aromatic carbocycles. The van der Waals surface area contributed by atoms with Crippen LogP contribution in [0.25, 0.3) is 0 Å². The second kappa shape index (κ2) is 8.92. The van der Waals surface area contributed by atoms with Gasteiger partial charge in [0.1, 0.15) is 12.7 Å². The summed E-state index contributed by atoms with van der Waals surface area (Å²) >= 11 is 0. The van der Waals surface area contributed by atoms with Gasteiger partial charge in [-0.3, -0.25) is 0 Å². The van der Waals surface area contributed by atoms with Crippen molar-refractivity contribution in [2.24, 2.45) is 0 Å². The Bertz CT molecular complexity index is 418. The molecule has 6 heteroatoms. The van der Waals surface area contributed by atoms with Gasteiger partial charge in [0, 0.05) is 6.54 Å². The molecule has 1 aromatic rings. The van der Waals surface area contributed by atoms with E-state index in [1.807, 2.05) is 20.8 Å². The van der Waals surface area contributed by atoms with E-state index >= 15 is 0 Å². The Hall–Kier alpha value is -1.24. The third-order valence-electron chi connectivity index (χ3n) is 2.68. The van der Waals surface area contributed by atoms with Gasteiger partial charge in [-0.05, 0) is 38.1 Å². The third kappa shape index (κ3) is 6.37. The lowest BCUT2D eigenvalue weighted by atomic mass is 10.2. The molecule has 0 aliphatic rings. The Kier molecular flexibility index (Phi) is 7.56. The number of aliphatic hydroxyl groups excluding tert-OH is 1. The lowest BCUT2D eigenvalue weighted by Crippen LogP contribution is -2.25. The van der Waals surface area contributed by atoms with E-state index in [1.54, 1.807) is 0 Å². The van der Waals surface area contributed by atoms with Gasteiger partial charge in [-0.25, -0.2) is 8.78 Å². The molecule has 120 valence electrons. The second-order valence-electron chi connectivity index (χ2n) is 5.02. The van der Waals surface area contributed by atoms with E-state index in [-0.39, 0.29) is 19.3 Å². The number of hydrogen-bond acceptors (Lipinski definition) is 4. The summed E-state index contributed by atoms with van der Waals surface area (Å²) in [5, 5.41) is 12.6. The Balaban J connectivity index is 2.58. The van der Waals surface area contributed by atoms with Gasteiger partial charge in [-0.1, -0.05) is 6.92 Å². The number of aliphatic hydroxyl groups is 1. The van der Waals surface area contributed by atoms with E-state index in [0.29, 0.717) is 18.7 Å². The molecule has 2 N–H and O–H groups in total. The Labute approximate surface area is 124 Å². The van der Waals surface area contributed by atoms with Crippen molar-refractivity contribution < 1.29 is 23.4 Å². The molecule has 0 amide bonds. The zero-order valence-corrected chi connectivity index (χ0v) is 12.7. The lowest BCUT2D eigenvalue weighted by molar-refractivity contribution is -0.0133. The van der Waals surface area contributed by atoms with Crippen molar-refractivity contribution in [3.8, 4) is 5.75 Å². The molecule has 0 aliphatic heterocycles. The molecule has 1 atom stereocenters. The number of nitrogens with one attached hydrogen (secondary N) is 1. The van der Waals surface area contributed by atoms with Crippen molar-refractivity contribution in [2.45, 2.75) is 39.5 Å². The van der Waals surface area contributed by atoms with Crippen LogP contribution in [0.5, 0.6) is 5.75 Å². The molecular weight excluding hydrogens is 280 g/mol. The number of ether oxygens (including phenoxy) is 2. The fourth-order valence-electron chi connectivity index (χ4n) is 1.65. The van der Waals surface area contributed by atoms with Crippen molar-refractivity contribution in [3.05, 3.63) is 29.3 Å². The Morgan fingerprint density at radius 2 is 1.81 bits per heavy atom. The summed E-state index contributed by atoms with van der Waals surface area (Å²) in [6, 6.07) is 2.44. The molecule has 0 saturated carbocycles. The summed E-state index contributed by atoms with van der Waals surface area (Å²) in [4.78, 5) is 0. The van der Waals surface area contributed by atoms with Gasteiger partial charge >= 0.3 is 0 Å². The smallest absolute Gasteiger partial charge is 0.190 e. The minimum atomic E-state index is -0.937. The summed E-state index contributed by atoms with van der Waals surface area (Å²) in [7, 11) is 0. The van der Waals surface area contributed by atoms with Crippen LogP contribution in [0.1, 0.15) is 26.3 Å². The lowest BCUT2D eigenvalue weighted by Gasteiger charge is -2.15. The van der Waals surface area contributed by atoms with Crippen LogP contribution in [0.4, 0.5) is 8.78 Å². The van der Waals surface area contributed by atoms with Gasteiger partial charge in [0.2, 0.25) is 0 Å². The van der Waals surface area contributed by atoms with Gasteiger partial charge in [0.15, 0.2) is 17.4 Å². The molecule has 0 spiro atoms. The predicted molar refractivity (Wildman–Crippen MR) is 76.3 cm³/mol. The molecule has 0 saturated heterocycles. The summed E-state index contributed by atoms with van der Waals surface area (Å²) in [5.74, 6) is -2.03. The van der Waals surface area contributed by atoms with E-state index in [2.05, 4.69) is 5.32 Å². The van der Waals surface area contributed by atoms with E-state index in [4.69, 9.17) is 9.47 Å². The van der Waals surface area contributed by atoms with Crippen LogP contribution in [0.2, 0.25) is 0 Å². The fraction of sp³-hybridized carbons (Fsp3) is 0.600. The minimum absolute atomic E-state index is 0.0292. The Morgan fingerprint density at radius 1 is 1.19 bits per heavy atom. The maximum Gasteiger partial charge on any atom is 0.190 e. The van der Waals surface area contributed by atoms with E-state index in [9.17, 15) is 13.9 Å². The van der Waals surface area contributed by atoms with Crippen molar-refractivity contribution in [2.75, 3.05) is 19.8 Å². The number of rotatable bonds is 9. The fourth-order valence-corrected chi connectivity index (χ4v) is 1.65. The first-order valence-corrected chi connectivity index (χ1v) is 7.05. The minimum Gasteiger partial charge on any atom is -0.485 e. The first kappa shape index (κ1) is 17.8. The molecule has 4 nitrogen and oxygen atoms in total. The number of benzene rings is 1. The van der Waals surface area contributed by atoms with Crippen LogP contribution in [0, 0.1) is 11.6 Å². The molecular formula is C15H23F2NO3. The van der Waals surface area contributed by atoms with Crippen molar-refractivity contribution in [3.63, 3.8) is 0 Å². The van der Waals surface area contributed by atoms with Gasteiger partial charge in [0.05, 0.1) is 12.7 Å². The summed E-state index contributed by atoms with van der Waals surface area (Å²) in [5.41, 5.74) is 0.503. The number of halogens is 2. The van der Waals surface area contributed by atoms with Gasteiger partial charge in [0.25, 0.3) is 0 Å². The molecule has 21 heavy (non-hydrogen) atoms. The molecule has 1 unspecified atom stereocenters. The van der Waals surface area contributed by atoms with Gasteiger partial charge in [-0.15, -0.1) is 0 Å². The molecule has 0 aliphatic carbocycles. The van der Waals surface area contributed by atoms with Gasteiger partial charge in [-0.2, -0.15) is 0 Å². The third-order valence-corrected chi connectivity index (χ3v) is 2.68. The highest BCUT2D eigenvalue weighted by atomic mass is 19.1. The van der Waals surface area contributed by atoms with Crippen molar-refractivity contribution in [1.29, 1.82) is 0 Å². The SMILES string of the molecule is CCNCc1cc(F)c(OCC(O)COC(C)C)c(F)c1. The van der Waals surface area contributed by atoms with Crippen LogP contribution in [0.3, 0.4) is 0 Å². The van der Waals surface area contributed by atoms with E-state index in [0.717, 1.165) is 0 Å². The second-order valence-corrected chi connectivity index (χ2v) is 5.02. The highest BCUT2D eigenvalue weighted by Gasteiger charge is 2.15. The summed E-state index contributed by atoms with van der Waals surface area (Å²) in [6.45, 7) is 6.49. The van der Waals surface area contributed by atoms with Crippen LogP contribution in [-0.2, 0) is 11.3 Å². The molecule has 1 rings (SSSR count).